The highest BCUT2D eigenvalue weighted by Crippen LogP contribution is 2.27. The van der Waals surface area contributed by atoms with Gasteiger partial charge in [0.25, 0.3) is 5.91 Å². The summed E-state index contributed by atoms with van der Waals surface area (Å²) in [6.07, 6.45) is 0.0282. The number of nitrogens with zero attached hydrogens (tertiary/aromatic N) is 1. The SMILES string of the molecule is COc1ccc(NC(=O)Cc2nc(C)c(C(=O)NCc3ccc(F)cc3)s2)cc1Cl. The van der Waals surface area contributed by atoms with Gasteiger partial charge in [-0.2, -0.15) is 0 Å². The van der Waals surface area contributed by atoms with Gasteiger partial charge in [-0.25, -0.2) is 9.37 Å². The summed E-state index contributed by atoms with van der Waals surface area (Å²) < 4.78 is 18.0. The van der Waals surface area contributed by atoms with Crippen LogP contribution in [0.5, 0.6) is 5.75 Å². The molecule has 3 rings (SSSR count). The lowest BCUT2D eigenvalue weighted by molar-refractivity contribution is -0.115. The maximum atomic E-state index is 13.0. The third kappa shape index (κ3) is 5.55. The summed E-state index contributed by atoms with van der Waals surface area (Å²) in [5, 5.41) is 6.44. The third-order valence-corrected chi connectivity index (χ3v) is 5.61. The number of hydrogen-bond donors (Lipinski definition) is 2. The molecule has 0 aliphatic rings. The summed E-state index contributed by atoms with van der Waals surface area (Å²) in [4.78, 5) is 29.5. The summed E-state index contributed by atoms with van der Waals surface area (Å²) >= 11 is 7.23. The van der Waals surface area contributed by atoms with Gasteiger partial charge in [0, 0.05) is 12.2 Å². The van der Waals surface area contributed by atoms with Gasteiger partial charge in [-0.3, -0.25) is 9.59 Å². The molecule has 0 saturated carbocycles. The fourth-order valence-electron chi connectivity index (χ4n) is 2.69. The van der Waals surface area contributed by atoms with Gasteiger partial charge in [-0.1, -0.05) is 23.7 Å². The average Bonchev–Trinajstić information content (AvgIpc) is 3.07. The summed E-state index contributed by atoms with van der Waals surface area (Å²) in [5.41, 5.74) is 1.87. The lowest BCUT2D eigenvalue weighted by Crippen LogP contribution is -2.22. The summed E-state index contributed by atoms with van der Waals surface area (Å²) in [6.45, 7) is 1.98. The van der Waals surface area contributed by atoms with Crippen LogP contribution in [0.15, 0.2) is 42.5 Å². The Labute approximate surface area is 182 Å². The summed E-state index contributed by atoms with van der Waals surface area (Å²) in [7, 11) is 1.51. The Morgan fingerprint density at radius 1 is 1.20 bits per heavy atom. The first-order valence-corrected chi connectivity index (χ1v) is 10.2. The molecule has 2 aromatic carbocycles. The zero-order chi connectivity index (χ0) is 21.7. The van der Waals surface area contributed by atoms with Crippen molar-refractivity contribution in [2.75, 3.05) is 12.4 Å². The number of aryl methyl sites for hydroxylation is 1. The molecule has 1 aromatic heterocycles. The van der Waals surface area contributed by atoms with Crippen LogP contribution in [0.3, 0.4) is 0 Å². The molecule has 0 bridgehead atoms. The number of hydrogen-bond acceptors (Lipinski definition) is 5. The van der Waals surface area contributed by atoms with E-state index in [1.807, 2.05) is 0 Å². The second-order valence-electron chi connectivity index (χ2n) is 6.41. The van der Waals surface area contributed by atoms with Crippen molar-refractivity contribution in [2.45, 2.75) is 19.9 Å². The van der Waals surface area contributed by atoms with Gasteiger partial charge in [0.2, 0.25) is 5.91 Å². The Bertz CT molecular complexity index is 1070. The van der Waals surface area contributed by atoms with E-state index in [9.17, 15) is 14.0 Å². The van der Waals surface area contributed by atoms with Crippen molar-refractivity contribution in [2.24, 2.45) is 0 Å². The number of carbonyl (C=O) groups is 2. The minimum Gasteiger partial charge on any atom is -0.495 e. The van der Waals surface area contributed by atoms with Crippen molar-refractivity contribution >= 4 is 40.4 Å². The molecule has 9 heteroatoms. The van der Waals surface area contributed by atoms with Gasteiger partial charge >= 0.3 is 0 Å². The maximum Gasteiger partial charge on any atom is 0.263 e. The van der Waals surface area contributed by atoms with E-state index in [0.29, 0.717) is 32.0 Å². The molecule has 0 unspecified atom stereocenters. The van der Waals surface area contributed by atoms with Crippen molar-refractivity contribution in [3.8, 4) is 5.75 Å². The van der Waals surface area contributed by atoms with E-state index >= 15 is 0 Å². The molecule has 6 nitrogen and oxygen atoms in total. The highest BCUT2D eigenvalue weighted by molar-refractivity contribution is 7.13. The highest BCUT2D eigenvalue weighted by Gasteiger charge is 2.17. The second kappa shape index (κ2) is 9.69. The van der Waals surface area contributed by atoms with E-state index in [1.54, 1.807) is 37.3 Å². The number of benzene rings is 2. The molecular weight excluding hydrogens is 429 g/mol. The quantitative estimate of drug-likeness (QED) is 0.563. The number of ether oxygens (including phenoxy) is 1. The molecule has 0 radical (unpaired) electrons. The lowest BCUT2D eigenvalue weighted by atomic mass is 10.2. The highest BCUT2D eigenvalue weighted by atomic mass is 35.5. The monoisotopic (exact) mass is 447 g/mol. The van der Waals surface area contributed by atoms with Crippen LogP contribution in [-0.2, 0) is 17.8 Å². The van der Waals surface area contributed by atoms with Crippen molar-refractivity contribution < 1.29 is 18.7 Å². The number of amides is 2. The van der Waals surface area contributed by atoms with E-state index in [4.69, 9.17) is 16.3 Å². The normalized spacial score (nSPS) is 10.5. The number of aromatic nitrogens is 1. The molecule has 0 spiro atoms. The fourth-order valence-corrected chi connectivity index (χ4v) is 3.93. The van der Waals surface area contributed by atoms with Gasteiger partial charge in [-0.05, 0) is 42.8 Å². The minimum atomic E-state index is -0.330. The molecule has 156 valence electrons. The topological polar surface area (TPSA) is 80.3 Å². The van der Waals surface area contributed by atoms with Crippen LogP contribution in [0.2, 0.25) is 5.02 Å². The standard InChI is InChI=1S/C21H19ClFN3O3S/c1-12-20(21(28)24-11-13-3-5-14(23)6-4-13)30-19(25-12)10-18(27)26-15-7-8-17(29-2)16(22)9-15/h3-9H,10-11H2,1-2H3,(H,24,28)(H,26,27). The Balaban J connectivity index is 1.59. The van der Waals surface area contributed by atoms with E-state index in [0.717, 1.165) is 16.9 Å². The number of anilines is 1. The van der Waals surface area contributed by atoms with Crippen LogP contribution in [0, 0.1) is 12.7 Å². The Kier molecular flexibility index (Phi) is 7.02. The van der Waals surface area contributed by atoms with Gasteiger partial charge in [0.1, 0.15) is 21.5 Å². The molecule has 0 fully saturated rings. The lowest BCUT2D eigenvalue weighted by Gasteiger charge is -2.07. The van der Waals surface area contributed by atoms with Gasteiger partial charge < -0.3 is 15.4 Å². The first kappa shape index (κ1) is 21.7. The molecule has 0 atom stereocenters. The van der Waals surface area contributed by atoms with Crippen LogP contribution < -0.4 is 15.4 Å². The van der Waals surface area contributed by atoms with Crippen LogP contribution in [-0.4, -0.2) is 23.9 Å². The first-order chi connectivity index (χ1) is 14.4. The molecule has 3 aromatic rings. The molecular formula is C21H19ClFN3O3S. The second-order valence-corrected chi connectivity index (χ2v) is 7.90. The van der Waals surface area contributed by atoms with Gasteiger partial charge in [0.15, 0.2) is 0 Å². The molecule has 1 heterocycles. The largest absolute Gasteiger partial charge is 0.495 e. The molecule has 30 heavy (non-hydrogen) atoms. The summed E-state index contributed by atoms with van der Waals surface area (Å²) in [5.74, 6) is -0.379. The molecule has 0 saturated heterocycles. The van der Waals surface area contributed by atoms with Crippen molar-refractivity contribution in [3.05, 3.63) is 74.4 Å². The zero-order valence-corrected chi connectivity index (χ0v) is 17.9. The number of halogens is 2. The van der Waals surface area contributed by atoms with Crippen LogP contribution >= 0.6 is 22.9 Å². The molecule has 2 N–H and O–H groups in total. The van der Waals surface area contributed by atoms with Crippen molar-refractivity contribution in [3.63, 3.8) is 0 Å². The van der Waals surface area contributed by atoms with E-state index < -0.39 is 0 Å². The van der Waals surface area contributed by atoms with Crippen LogP contribution in [0.1, 0.15) is 25.9 Å². The molecule has 0 aliphatic heterocycles. The predicted octanol–water partition coefficient (Wildman–Crippen LogP) is 4.36. The van der Waals surface area contributed by atoms with E-state index in [-0.39, 0.29) is 30.6 Å². The number of rotatable bonds is 7. The minimum absolute atomic E-state index is 0.0282. The van der Waals surface area contributed by atoms with Crippen LogP contribution in [0.25, 0.3) is 0 Å². The first-order valence-electron chi connectivity index (χ1n) is 8.98. The fraction of sp³-hybridized carbons (Fsp3) is 0.190. The number of nitrogens with one attached hydrogen (secondary N) is 2. The predicted molar refractivity (Wildman–Crippen MR) is 115 cm³/mol. The van der Waals surface area contributed by atoms with Crippen molar-refractivity contribution in [1.82, 2.24) is 10.3 Å². The maximum absolute atomic E-state index is 13.0. The molecule has 2 amide bonds. The van der Waals surface area contributed by atoms with Crippen LogP contribution in [0.4, 0.5) is 10.1 Å². The zero-order valence-electron chi connectivity index (χ0n) is 16.3. The van der Waals surface area contributed by atoms with E-state index in [1.165, 1.54) is 19.2 Å². The average molecular weight is 448 g/mol. The van der Waals surface area contributed by atoms with Crippen molar-refractivity contribution in [1.29, 1.82) is 0 Å². The van der Waals surface area contributed by atoms with Gasteiger partial charge in [-0.15, -0.1) is 11.3 Å². The van der Waals surface area contributed by atoms with E-state index in [2.05, 4.69) is 15.6 Å². The number of carbonyl (C=O) groups excluding carboxylic acids is 2. The Morgan fingerprint density at radius 2 is 1.93 bits per heavy atom. The summed E-state index contributed by atoms with van der Waals surface area (Å²) in [6, 6.07) is 10.8. The third-order valence-electron chi connectivity index (χ3n) is 4.16. The van der Waals surface area contributed by atoms with Gasteiger partial charge in [0.05, 0.1) is 24.2 Å². The number of methoxy groups -OCH3 is 1. The Morgan fingerprint density at radius 3 is 2.60 bits per heavy atom. The molecule has 0 aliphatic carbocycles. The Hall–Kier alpha value is -2.97. The smallest absolute Gasteiger partial charge is 0.263 e. The number of thiazole rings is 1.